The minimum Gasteiger partial charge on any atom is -0.464 e. The van der Waals surface area contributed by atoms with Crippen LogP contribution >= 0.6 is 0 Å². The summed E-state index contributed by atoms with van der Waals surface area (Å²) in [6, 6.07) is 35.7. The van der Waals surface area contributed by atoms with E-state index in [2.05, 4.69) is 157 Å². The van der Waals surface area contributed by atoms with E-state index in [0.717, 1.165) is 30.8 Å². The van der Waals surface area contributed by atoms with Gasteiger partial charge in [0.1, 0.15) is 11.5 Å². The van der Waals surface area contributed by atoms with E-state index in [1.54, 1.807) is 0 Å². The Morgan fingerprint density at radius 1 is 0.787 bits per heavy atom. The van der Waals surface area contributed by atoms with Crippen LogP contribution in [-0.2, 0) is 4.74 Å². The number of fused-ring (bicyclic) bond motifs is 9. The first-order chi connectivity index (χ1) is 23.1. The summed E-state index contributed by atoms with van der Waals surface area (Å²) in [7, 11) is 0. The van der Waals surface area contributed by atoms with E-state index >= 15 is 0 Å². The van der Waals surface area contributed by atoms with Crippen LogP contribution in [0.4, 0.5) is 5.69 Å². The van der Waals surface area contributed by atoms with Crippen LogP contribution in [0.25, 0.3) is 33.1 Å². The topological polar surface area (TPSA) is 17.4 Å². The highest BCUT2D eigenvalue weighted by Gasteiger charge is 2.56. The lowest BCUT2D eigenvalue weighted by atomic mass is 9.64. The first-order valence-electron chi connectivity index (χ1n) is 17.0. The lowest BCUT2D eigenvalue weighted by Crippen LogP contribution is -2.33. The molecule has 1 aromatic heterocycles. The number of aromatic nitrogens is 1. The van der Waals surface area contributed by atoms with Gasteiger partial charge >= 0.3 is 0 Å². The van der Waals surface area contributed by atoms with Crippen LogP contribution in [-0.4, -0.2) is 4.57 Å². The fourth-order valence-electron chi connectivity index (χ4n) is 9.05. The normalized spacial score (nSPS) is 24.3. The molecule has 0 amide bonds. The summed E-state index contributed by atoms with van der Waals surface area (Å²) in [5.41, 5.74) is 12.7. The van der Waals surface area contributed by atoms with Gasteiger partial charge in [0.05, 0.1) is 16.4 Å². The molecule has 3 aliphatic carbocycles. The molecule has 0 N–H and O–H groups in total. The van der Waals surface area contributed by atoms with Crippen LogP contribution in [0.3, 0.4) is 0 Å². The highest BCUT2D eigenvalue weighted by molar-refractivity contribution is 6.09. The zero-order chi connectivity index (χ0) is 31.3. The lowest BCUT2D eigenvalue weighted by Gasteiger charge is -2.38. The summed E-state index contributed by atoms with van der Waals surface area (Å²) >= 11 is 0. The first-order valence-corrected chi connectivity index (χ1v) is 17.0. The zero-order valence-electron chi connectivity index (χ0n) is 26.8. The standard InChI is InChI=1S/C44H36N2O/c1-28-13-11-20-35-43(28)47-41-26-25-40-42(44(35,41)2)34-19-6-10-24-39(34)46(40)36-21-7-3-16-31(36)29-14-12-15-30(27-29)45-37-22-8-4-17-32(37)33-18-5-9-23-38(33)45/h3-6,8-12,14-20,22-28,42H,7,13,21H2,1-2H3. The third-order valence-electron chi connectivity index (χ3n) is 11.2. The van der Waals surface area contributed by atoms with E-state index in [1.165, 1.54) is 66.8 Å². The van der Waals surface area contributed by atoms with Crippen LogP contribution in [0, 0.1) is 11.3 Å². The zero-order valence-corrected chi connectivity index (χ0v) is 26.8. The number of para-hydroxylation sites is 3. The van der Waals surface area contributed by atoms with Crippen LogP contribution in [0.1, 0.15) is 50.2 Å². The number of ether oxygens (including phenoxy) is 1. The Bertz CT molecular complexity index is 2300. The number of hydrogen-bond acceptors (Lipinski definition) is 2. The van der Waals surface area contributed by atoms with Crippen molar-refractivity contribution < 1.29 is 4.74 Å². The van der Waals surface area contributed by atoms with Gasteiger partial charge in [0.2, 0.25) is 0 Å². The molecule has 0 saturated heterocycles. The number of nitrogens with zero attached hydrogens (tertiary/aromatic N) is 2. The third-order valence-corrected chi connectivity index (χ3v) is 11.2. The lowest BCUT2D eigenvalue weighted by molar-refractivity contribution is 0.229. The van der Waals surface area contributed by atoms with E-state index in [9.17, 15) is 0 Å². The Morgan fingerprint density at radius 3 is 2.38 bits per heavy atom. The van der Waals surface area contributed by atoms with Crippen LogP contribution in [0.5, 0.6) is 0 Å². The average Bonchev–Trinajstić information content (AvgIpc) is 3.74. The number of hydrogen-bond donors (Lipinski definition) is 0. The molecular weight excluding hydrogens is 572 g/mol. The average molecular weight is 609 g/mol. The van der Waals surface area contributed by atoms with Crippen LogP contribution < -0.4 is 4.90 Å². The van der Waals surface area contributed by atoms with Crippen molar-refractivity contribution in [3.05, 3.63) is 173 Å². The molecule has 3 unspecified atom stereocenters. The molecule has 0 bridgehead atoms. The second-order valence-corrected chi connectivity index (χ2v) is 13.8. The first kappa shape index (κ1) is 26.9. The minimum atomic E-state index is -0.239. The van der Waals surface area contributed by atoms with E-state index in [-0.39, 0.29) is 11.3 Å². The molecule has 5 aliphatic rings. The molecule has 3 heteroatoms. The molecule has 2 aliphatic heterocycles. The number of allylic oxidation sites excluding steroid dienone is 11. The number of benzene rings is 4. The van der Waals surface area contributed by atoms with Gasteiger partial charge in [-0.3, -0.25) is 0 Å². The van der Waals surface area contributed by atoms with Crippen molar-refractivity contribution in [1.82, 2.24) is 4.57 Å². The molecule has 0 radical (unpaired) electrons. The third kappa shape index (κ3) is 3.63. The summed E-state index contributed by atoms with van der Waals surface area (Å²) in [5.74, 6) is 2.83. The minimum absolute atomic E-state index is 0.185. The summed E-state index contributed by atoms with van der Waals surface area (Å²) in [5, 5.41) is 2.57. The Hall–Kier alpha value is -5.28. The van der Waals surface area contributed by atoms with Crippen molar-refractivity contribution in [3.63, 3.8) is 0 Å². The monoisotopic (exact) mass is 608 g/mol. The SMILES string of the molecule is CC1CC=CC2=C1OC1=CC=C3C(c4ccccc4N3C3=C(c4cccc(-n5c6ccccc6c6ccccc65)c4)C=CCC3)C12C. The Kier molecular flexibility index (Phi) is 5.64. The Labute approximate surface area is 275 Å². The maximum absolute atomic E-state index is 6.69. The Morgan fingerprint density at radius 2 is 1.55 bits per heavy atom. The highest BCUT2D eigenvalue weighted by Crippen LogP contribution is 2.65. The molecule has 3 nitrogen and oxygen atoms in total. The maximum Gasteiger partial charge on any atom is 0.115 e. The fourth-order valence-corrected chi connectivity index (χ4v) is 9.05. The Balaban J connectivity index is 1.15. The van der Waals surface area contributed by atoms with Crippen molar-refractivity contribution >= 4 is 33.1 Å². The molecule has 3 heterocycles. The molecule has 0 fully saturated rings. The van der Waals surface area contributed by atoms with Gasteiger partial charge in [0.15, 0.2) is 0 Å². The summed E-state index contributed by atoms with van der Waals surface area (Å²) in [4.78, 5) is 2.60. The van der Waals surface area contributed by atoms with E-state index in [1.807, 2.05) is 0 Å². The predicted molar refractivity (Wildman–Crippen MR) is 193 cm³/mol. The largest absolute Gasteiger partial charge is 0.464 e. The molecule has 5 aromatic rings. The van der Waals surface area contributed by atoms with Gasteiger partial charge in [0.25, 0.3) is 0 Å². The van der Waals surface area contributed by atoms with E-state index in [4.69, 9.17) is 4.74 Å². The molecule has 0 spiro atoms. The maximum atomic E-state index is 6.69. The highest BCUT2D eigenvalue weighted by atomic mass is 16.5. The van der Waals surface area contributed by atoms with Gasteiger partial charge in [-0.15, -0.1) is 0 Å². The van der Waals surface area contributed by atoms with Gasteiger partial charge in [-0.25, -0.2) is 0 Å². The quantitative estimate of drug-likeness (QED) is 0.203. The van der Waals surface area contributed by atoms with Gasteiger partial charge in [-0.1, -0.05) is 98.0 Å². The van der Waals surface area contributed by atoms with E-state index < -0.39 is 0 Å². The molecule has 228 valence electrons. The van der Waals surface area contributed by atoms with Gasteiger partial charge < -0.3 is 14.2 Å². The van der Waals surface area contributed by atoms with E-state index in [0.29, 0.717) is 5.92 Å². The van der Waals surface area contributed by atoms with Gasteiger partial charge in [0, 0.05) is 56.5 Å². The van der Waals surface area contributed by atoms with Crippen LogP contribution in [0.2, 0.25) is 0 Å². The second-order valence-electron chi connectivity index (χ2n) is 13.8. The molecular formula is C44H36N2O. The van der Waals surface area contributed by atoms with Crippen LogP contribution in [0.15, 0.2) is 162 Å². The predicted octanol–water partition coefficient (Wildman–Crippen LogP) is 11.1. The molecule has 47 heavy (non-hydrogen) atoms. The van der Waals surface area contributed by atoms with Gasteiger partial charge in [-0.05, 0) is 79.8 Å². The fraction of sp³-hybridized carbons (Fsp3) is 0.182. The second kappa shape index (κ2) is 9.86. The number of anilines is 1. The van der Waals surface area contributed by atoms with Crippen molar-refractivity contribution in [2.45, 2.75) is 39.0 Å². The molecule has 0 saturated carbocycles. The van der Waals surface area contributed by atoms with Gasteiger partial charge in [-0.2, -0.15) is 0 Å². The summed E-state index contributed by atoms with van der Waals surface area (Å²) in [6.07, 6.45) is 17.0. The van der Waals surface area contributed by atoms with Crippen molar-refractivity contribution in [2.24, 2.45) is 11.3 Å². The number of rotatable bonds is 3. The molecule has 10 rings (SSSR count). The summed E-state index contributed by atoms with van der Waals surface area (Å²) in [6.45, 7) is 4.70. The van der Waals surface area contributed by atoms with Crippen molar-refractivity contribution in [3.8, 4) is 5.69 Å². The van der Waals surface area contributed by atoms with Crippen molar-refractivity contribution in [2.75, 3.05) is 4.90 Å². The smallest absolute Gasteiger partial charge is 0.115 e. The molecule has 3 atom stereocenters. The van der Waals surface area contributed by atoms with Crippen molar-refractivity contribution in [1.29, 1.82) is 0 Å². The molecule has 4 aromatic carbocycles. The summed E-state index contributed by atoms with van der Waals surface area (Å²) < 4.78 is 9.11.